The molecular formula is C32H34F3N3O2. The highest BCUT2D eigenvalue weighted by Crippen LogP contribution is 2.41. The standard InChI is InChI=1S/C32H34F3N3O2/c1-21(2)30-36-32(24-5-11-27(34)12-6-24,25-7-13-28(35)14-8-25)31(40)38(30)20-29(39)19-37-17-15-23(16-18-37)22-3-9-26(33)10-4-22/h3-14,21,23,29,39H,15-20H2,1-2H3. The van der Waals surface area contributed by atoms with Crippen LogP contribution in [0.2, 0.25) is 0 Å². The van der Waals surface area contributed by atoms with E-state index in [-0.39, 0.29) is 24.2 Å². The van der Waals surface area contributed by atoms with Crippen LogP contribution in [0.25, 0.3) is 0 Å². The van der Waals surface area contributed by atoms with Gasteiger partial charge in [-0.3, -0.25) is 9.69 Å². The number of amidine groups is 1. The number of aliphatic hydroxyl groups excluding tert-OH is 1. The van der Waals surface area contributed by atoms with Crippen LogP contribution in [-0.2, 0) is 10.3 Å². The summed E-state index contributed by atoms with van der Waals surface area (Å²) in [7, 11) is 0. The van der Waals surface area contributed by atoms with E-state index in [4.69, 9.17) is 4.99 Å². The van der Waals surface area contributed by atoms with E-state index in [0.717, 1.165) is 31.5 Å². The third kappa shape index (κ3) is 5.56. The largest absolute Gasteiger partial charge is 0.390 e. The highest BCUT2D eigenvalue weighted by Gasteiger charge is 2.51. The number of carbonyl (C=O) groups excluding carboxylic acids is 1. The Balaban J connectivity index is 1.34. The van der Waals surface area contributed by atoms with E-state index in [9.17, 15) is 23.1 Å². The molecule has 0 aromatic heterocycles. The summed E-state index contributed by atoms with van der Waals surface area (Å²) in [5.41, 5.74) is 0.570. The van der Waals surface area contributed by atoms with Crippen LogP contribution >= 0.6 is 0 Å². The van der Waals surface area contributed by atoms with Crippen molar-refractivity contribution >= 4 is 11.7 Å². The molecule has 2 aliphatic rings. The van der Waals surface area contributed by atoms with Crippen molar-refractivity contribution in [1.29, 1.82) is 0 Å². The molecule has 3 aromatic carbocycles. The molecule has 0 aliphatic carbocycles. The van der Waals surface area contributed by atoms with Gasteiger partial charge in [0.05, 0.1) is 12.6 Å². The SMILES string of the molecule is CC(C)C1=NC(c2ccc(F)cc2)(c2ccc(F)cc2)C(=O)N1CC(O)CN1CCC(c2ccc(F)cc2)CC1. The van der Waals surface area contributed by atoms with Gasteiger partial charge in [-0.15, -0.1) is 0 Å². The van der Waals surface area contributed by atoms with E-state index >= 15 is 0 Å². The number of piperidine rings is 1. The normalized spacial score (nSPS) is 18.8. The van der Waals surface area contributed by atoms with Gasteiger partial charge in [-0.1, -0.05) is 50.2 Å². The second-order valence-electron chi connectivity index (χ2n) is 11.0. The van der Waals surface area contributed by atoms with Gasteiger partial charge in [-0.25, -0.2) is 18.2 Å². The number of hydrogen-bond acceptors (Lipinski definition) is 4. The van der Waals surface area contributed by atoms with Crippen molar-refractivity contribution < 1.29 is 23.1 Å². The third-order valence-electron chi connectivity index (χ3n) is 7.95. The maximum atomic E-state index is 14.2. The number of β-amino-alcohol motifs (C(OH)–C–C–N with tert-alkyl or cyclic N) is 1. The topological polar surface area (TPSA) is 56.1 Å². The molecule has 0 bridgehead atoms. The number of nitrogens with zero attached hydrogens (tertiary/aromatic N) is 3. The summed E-state index contributed by atoms with van der Waals surface area (Å²) in [5, 5.41) is 11.1. The maximum absolute atomic E-state index is 14.2. The van der Waals surface area contributed by atoms with Crippen molar-refractivity contribution in [3.05, 3.63) is 107 Å². The molecule has 0 spiro atoms. The fourth-order valence-electron chi connectivity index (χ4n) is 5.87. The van der Waals surface area contributed by atoms with Crippen molar-refractivity contribution in [2.75, 3.05) is 26.2 Å². The van der Waals surface area contributed by atoms with Crippen molar-refractivity contribution in [3.8, 4) is 0 Å². The van der Waals surface area contributed by atoms with Crippen LogP contribution in [0.5, 0.6) is 0 Å². The Hall–Kier alpha value is -3.49. The number of carbonyl (C=O) groups is 1. The van der Waals surface area contributed by atoms with E-state index < -0.39 is 23.3 Å². The Morgan fingerprint density at radius 2 is 1.30 bits per heavy atom. The summed E-state index contributed by atoms with van der Waals surface area (Å²) in [6, 6.07) is 17.9. The summed E-state index contributed by atoms with van der Waals surface area (Å²) >= 11 is 0. The molecule has 5 rings (SSSR count). The van der Waals surface area contributed by atoms with Gasteiger partial charge in [0.25, 0.3) is 5.91 Å². The van der Waals surface area contributed by atoms with Crippen molar-refractivity contribution in [2.24, 2.45) is 10.9 Å². The van der Waals surface area contributed by atoms with Crippen LogP contribution in [-0.4, -0.2) is 58.9 Å². The van der Waals surface area contributed by atoms with Gasteiger partial charge in [0.1, 0.15) is 23.3 Å². The lowest BCUT2D eigenvalue weighted by molar-refractivity contribution is -0.131. The number of amides is 1. The molecule has 1 fully saturated rings. The van der Waals surface area contributed by atoms with E-state index in [0.29, 0.717) is 29.4 Å². The van der Waals surface area contributed by atoms with E-state index in [1.54, 1.807) is 0 Å². The molecule has 0 radical (unpaired) electrons. The predicted octanol–water partition coefficient (Wildman–Crippen LogP) is 5.48. The van der Waals surface area contributed by atoms with Gasteiger partial charge >= 0.3 is 0 Å². The molecule has 1 atom stereocenters. The van der Waals surface area contributed by atoms with E-state index in [1.807, 2.05) is 26.0 Å². The molecule has 0 saturated carbocycles. The predicted molar refractivity (Wildman–Crippen MR) is 148 cm³/mol. The lowest BCUT2D eigenvalue weighted by Crippen LogP contribution is -2.48. The van der Waals surface area contributed by atoms with Crippen LogP contribution in [0.15, 0.2) is 77.8 Å². The van der Waals surface area contributed by atoms with Crippen LogP contribution in [0.4, 0.5) is 13.2 Å². The van der Waals surface area contributed by atoms with Crippen LogP contribution < -0.4 is 0 Å². The summed E-state index contributed by atoms with van der Waals surface area (Å²) in [6.07, 6.45) is 0.975. The van der Waals surface area contributed by atoms with Gasteiger partial charge in [0.15, 0.2) is 5.54 Å². The molecule has 1 saturated heterocycles. The fraction of sp³-hybridized carbons (Fsp3) is 0.375. The zero-order valence-electron chi connectivity index (χ0n) is 22.7. The number of likely N-dealkylation sites (tertiary alicyclic amines) is 1. The summed E-state index contributed by atoms with van der Waals surface area (Å²) < 4.78 is 41.0. The number of halogens is 3. The van der Waals surface area contributed by atoms with Gasteiger partial charge < -0.3 is 10.0 Å². The molecule has 2 heterocycles. The van der Waals surface area contributed by atoms with Crippen LogP contribution in [0.3, 0.4) is 0 Å². The van der Waals surface area contributed by atoms with Crippen LogP contribution in [0.1, 0.15) is 49.3 Å². The first-order chi connectivity index (χ1) is 19.2. The minimum atomic E-state index is -1.51. The van der Waals surface area contributed by atoms with E-state index in [2.05, 4.69) is 4.90 Å². The molecule has 3 aromatic rings. The molecular weight excluding hydrogens is 515 g/mol. The molecule has 1 amide bonds. The maximum Gasteiger partial charge on any atom is 0.265 e. The highest BCUT2D eigenvalue weighted by atomic mass is 19.1. The number of aliphatic hydroxyl groups is 1. The average molecular weight is 550 g/mol. The number of aliphatic imine (C=N–C) groups is 1. The molecule has 1 N–H and O–H groups in total. The first-order valence-corrected chi connectivity index (χ1v) is 13.8. The summed E-state index contributed by atoms with van der Waals surface area (Å²) in [6.45, 7) is 5.87. The minimum Gasteiger partial charge on any atom is -0.390 e. The lowest BCUT2D eigenvalue weighted by Gasteiger charge is -2.34. The third-order valence-corrected chi connectivity index (χ3v) is 7.95. The minimum absolute atomic E-state index is 0.0534. The van der Waals surface area contributed by atoms with E-state index in [1.165, 1.54) is 65.6 Å². The Morgan fingerprint density at radius 3 is 1.77 bits per heavy atom. The lowest BCUT2D eigenvalue weighted by atomic mass is 9.82. The Bertz CT molecular complexity index is 1300. The van der Waals surface area contributed by atoms with Crippen molar-refractivity contribution in [3.63, 3.8) is 0 Å². The van der Waals surface area contributed by atoms with Gasteiger partial charge in [-0.05, 0) is 84.9 Å². The smallest absolute Gasteiger partial charge is 0.265 e. The number of hydrogen-bond donors (Lipinski definition) is 1. The quantitative estimate of drug-likeness (QED) is 0.405. The van der Waals surface area contributed by atoms with Gasteiger partial charge in [-0.2, -0.15) is 0 Å². The zero-order chi connectivity index (χ0) is 28.4. The van der Waals surface area contributed by atoms with Crippen LogP contribution in [0, 0.1) is 23.4 Å². The monoisotopic (exact) mass is 549 g/mol. The van der Waals surface area contributed by atoms with Crippen molar-refractivity contribution in [2.45, 2.75) is 44.2 Å². The highest BCUT2D eigenvalue weighted by molar-refractivity contribution is 6.11. The average Bonchev–Trinajstić information content (AvgIpc) is 3.23. The second kappa shape index (κ2) is 11.6. The van der Waals surface area contributed by atoms with Gasteiger partial charge in [0, 0.05) is 12.5 Å². The fourth-order valence-corrected chi connectivity index (χ4v) is 5.87. The Labute approximate surface area is 233 Å². The molecule has 1 unspecified atom stereocenters. The molecule has 210 valence electrons. The number of benzene rings is 3. The number of rotatable bonds is 8. The molecule has 40 heavy (non-hydrogen) atoms. The summed E-state index contributed by atoms with van der Waals surface area (Å²) in [5.74, 6) is -0.741. The first-order valence-electron chi connectivity index (χ1n) is 13.8. The van der Waals surface area contributed by atoms with Gasteiger partial charge in [0.2, 0.25) is 0 Å². The molecule has 5 nitrogen and oxygen atoms in total. The zero-order valence-corrected chi connectivity index (χ0v) is 22.7. The molecule has 2 aliphatic heterocycles. The second-order valence-corrected chi connectivity index (χ2v) is 11.0. The molecule has 8 heteroatoms. The van der Waals surface area contributed by atoms with Crippen molar-refractivity contribution in [1.82, 2.24) is 9.80 Å². The summed E-state index contributed by atoms with van der Waals surface area (Å²) in [4.78, 5) is 22.9. The Kier molecular flexibility index (Phi) is 8.10. The Morgan fingerprint density at radius 1 is 0.825 bits per heavy atom. The first kappa shape index (κ1) is 28.1.